The van der Waals surface area contributed by atoms with E-state index < -0.39 is 5.97 Å². The molecule has 0 saturated heterocycles. The Balaban J connectivity index is 1.29. The maximum atomic E-state index is 13.0. The molecule has 0 aliphatic heterocycles. The van der Waals surface area contributed by atoms with Gasteiger partial charge in [0.15, 0.2) is 5.78 Å². The Labute approximate surface area is 221 Å². The summed E-state index contributed by atoms with van der Waals surface area (Å²) < 4.78 is 3.41. The zero-order valence-corrected chi connectivity index (χ0v) is 21.5. The van der Waals surface area contributed by atoms with E-state index in [1.807, 2.05) is 61.8 Å². The van der Waals surface area contributed by atoms with Gasteiger partial charge in [-0.3, -0.25) is 9.48 Å². The van der Waals surface area contributed by atoms with Crippen molar-refractivity contribution in [2.45, 2.75) is 56.8 Å². The van der Waals surface area contributed by atoms with E-state index in [4.69, 9.17) is 0 Å². The second kappa shape index (κ2) is 10.0. The second-order valence-corrected chi connectivity index (χ2v) is 10.7. The summed E-state index contributed by atoms with van der Waals surface area (Å²) in [5.74, 6) is -0.162. The number of benzene rings is 2. The molecule has 4 aromatic rings. The molecule has 6 rings (SSSR count). The van der Waals surface area contributed by atoms with Crippen LogP contribution in [0.4, 0.5) is 0 Å². The van der Waals surface area contributed by atoms with Crippen LogP contribution in [0.5, 0.6) is 0 Å². The smallest absolute Gasteiger partial charge is 0.339 e. The summed E-state index contributed by atoms with van der Waals surface area (Å²) in [6, 6.07) is 15.7. The average molecular weight is 510 g/mol. The molecule has 2 heterocycles. The number of aromatic carboxylic acids is 1. The molecule has 2 unspecified atom stereocenters. The number of hydrogen-bond acceptors (Lipinski definition) is 5. The molecule has 0 radical (unpaired) electrons. The number of aryl methyl sites for hydroxylation is 1. The molecular weight excluding hydrogens is 478 g/mol. The van der Waals surface area contributed by atoms with Gasteiger partial charge in [-0.25, -0.2) is 9.48 Å². The molecule has 2 saturated carbocycles. The molecule has 38 heavy (non-hydrogen) atoms. The van der Waals surface area contributed by atoms with Crippen LogP contribution in [0.25, 0.3) is 16.8 Å². The first kappa shape index (κ1) is 24.3. The number of aromatic nitrogens is 5. The van der Waals surface area contributed by atoms with Gasteiger partial charge < -0.3 is 5.11 Å². The lowest BCUT2D eigenvalue weighted by molar-refractivity contribution is 0.0695. The average Bonchev–Trinajstić information content (AvgIpc) is 3.38. The third kappa shape index (κ3) is 4.78. The monoisotopic (exact) mass is 509 g/mol. The lowest BCUT2D eigenvalue weighted by Gasteiger charge is -2.20. The lowest BCUT2D eigenvalue weighted by atomic mass is 9.84. The van der Waals surface area contributed by atoms with Crippen molar-refractivity contribution < 1.29 is 14.7 Å². The van der Waals surface area contributed by atoms with Crippen molar-refractivity contribution in [1.29, 1.82) is 0 Å². The van der Waals surface area contributed by atoms with E-state index in [1.165, 1.54) is 25.5 Å². The Kier molecular flexibility index (Phi) is 6.39. The van der Waals surface area contributed by atoms with Crippen molar-refractivity contribution in [3.05, 3.63) is 83.4 Å². The van der Waals surface area contributed by atoms with Crippen LogP contribution < -0.4 is 0 Å². The Morgan fingerprint density at radius 3 is 2.50 bits per heavy atom. The van der Waals surface area contributed by atoms with Gasteiger partial charge in [0.1, 0.15) is 5.56 Å². The van der Waals surface area contributed by atoms with Crippen molar-refractivity contribution in [3.8, 4) is 16.8 Å². The maximum absolute atomic E-state index is 13.0. The summed E-state index contributed by atoms with van der Waals surface area (Å²) in [4.78, 5) is 25.1. The first-order valence-corrected chi connectivity index (χ1v) is 13.4. The first-order valence-electron chi connectivity index (χ1n) is 13.4. The maximum Gasteiger partial charge on any atom is 0.339 e. The van der Waals surface area contributed by atoms with Gasteiger partial charge in [-0.2, -0.15) is 5.10 Å². The number of hydrogen-bond donors (Lipinski definition) is 1. The van der Waals surface area contributed by atoms with Gasteiger partial charge in [0.05, 0.1) is 23.3 Å². The zero-order chi connectivity index (χ0) is 26.2. The summed E-state index contributed by atoms with van der Waals surface area (Å²) in [5.41, 5.74) is 5.20. The van der Waals surface area contributed by atoms with Gasteiger partial charge in [0.25, 0.3) is 0 Å². The fourth-order valence-electron chi connectivity index (χ4n) is 5.91. The minimum absolute atomic E-state index is 0.00435. The molecular formula is C30H31N5O3. The van der Waals surface area contributed by atoms with E-state index in [2.05, 4.69) is 15.4 Å². The molecule has 0 spiro atoms. The van der Waals surface area contributed by atoms with Crippen LogP contribution in [-0.4, -0.2) is 41.6 Å². The van der Waals surface area contributed by atoms with E-state index in [0.717, 1.165) is 47.3 Å². The van der Waals surface area contributed by atoms with Crippen LogP contribution >= 0.6 is 0 Å². The van der Waals surface area contributed by atoms with Crippen LogP contribution in [0.15, 0.2) is 60.9 Å². The summed E-state index contributed by atoms with van der Waals surface area (Å²) in [6.45, 7) is 0. The van der Waals surface area contributed by atoms with Gasteiger partial charge in [-0.15, -0.1) is 5.10 Å². The molecule has 8 heteroatoms. The van der Waals surface area contributed by atoms with Gasteiger partial charge in [-0.1, -0.05) is 67.6 Å². The van der Waals surface area contributed by atoms with Crippen molar-refractivity contribution >= 4 is 11.8 Å². The molecule has 2 atom stereocenters. The highest BCUT2D eigenvalue weighted by Crippen LogP contribution is 2.55. The molecule has 194 valence electrons. The van der Waals surface area contributed by atoms with Crippen molar-refractivity contribution in [2.24, 2.45) is 13.0 Å². The Morgan fingerprint density at radius 2 is 1.76 bits per heavy atom. The highest BCUT2D eigenvalue weighted by molar-refractivity contribution is 5.97. The number of ketones is 1. The molecule has 8 nitrogen and oxygen atoms in total. The first-order chi connectivity index (χ1) is 18.5. The number of nitrogens with zero attached hydrogens (tertiary/aromatic N) is 5. The predicted octanol–water partition coefficient (Wildman–Crippen LogP) is 5.79. The standard InChI is InChI=1S/C30H31N5O3/c1-34-18-27(32-33-34)24-16-25(24)29-26(30(37)38)17-31-35(29)23-12-6-10-21(15-23)20-9-5-11-22(14-20)28(36)13-19-7-3-2-4-8-19/h5-6,9-12,14-15,17-19,24-25H,2-4,7-8,13,16H2,1H3,(H,37,38). The van der Waals surface area contributed by atoms with E-state index in [1.54, 1.807) is 9.36 Å². The van der Waals surface area contributed by atoms with Gasteiger partial charge >= 0.3 is 5.97 Å². The van der Waals surface area contributed by atoms with Gasteiger partial charge in [-0.05, 0) is 41.7 Å². The third-order valence-corrected chi connectivity index (χ3v) is 7.99. The number of carbonyl (C=O) groups is 2. The normalized spacial score (nSPS) is 19.4. The highest BCUT2D eigenvalue weighted by atomic mass is 16.4. The molecule has 2 fully saturated rings. The molecule has 0 bridgehead atoms. The Bertz CT molecular complexity index is 1500. The second-order valence-electron chi connectivity index (χ2n) is 10.7. The summed E-state index contributed by atoms with van der Waals surface area (Å²) in [5, 5.41) is 22.6. The van der Waals surface area contributed by atoms with Gasteiger partial charge in [0.2, 0.25) is 0 Å². The number of carbonyl (C=O) groups excluding carboxylic acids is 1. The van der Waals surface area contributed by atoms with Crippen LogP contribution in [0.2, 0.25) is 0 Å². The zero-order valence-electron chi connectivity index (χ0n) is 21.5. The summed E-state index contributed by atoms with van der Waals surface area (Å²) in [7, 11) is 1.82. The summed E-state index contributed by atoms with van der Waals surface area (Å²) >= 11 is 0. The minimum Gasteiger partial charge on any atom is -0.478 e. The number of Topliss-reactive ketones (excluding diaryl/α,β-unsaturated/α-hetero) is 1. The minimum atomic E-state index is -0.989. The number of carboxylic acid groups (broad SMARTS) is 1. The van der Waals surface area contributed by atoms with E-state index >= 15 is 0 Å². The van der Waals surface area contributed by atoms with Crippen LogP contribution in [0, 0.1) is 5.92 Å². The SMILES string of the molecule is Cn1cc(C2CC2c2c(C(=O)O)cnn2-c2cccc(-c3cccc(C(=O)CC4CCCCC4)c3)c2)nn1. The quantitative estimate of drug-likeness (QED) is 0.302. The third-order valence-electron chi connectivity index (χ3n) is 7.99. The van der Waals surface area contributed by atoms with E-state index in [-0.39, 0.29) is 23.2 Å². The molecule has 2 aliphatic carbocycles. The summed E-state index contributed by atoms with van der Waals surface area (Å²) in [6.07, 6.45) is 10.8. The van der Waals surface area contributed by atoms with Crippen molar-refractivity contribution in [2.75, 3.05) is 0 Å². The van der Waals surface area contributed by atoms with E-state index in [0.29, 0.717) is 18.0 Å². The fourth-order valence-corrected chi connectivity index (χ4v) is 5.91. The van der Waals surface area contributed by atoms with Gasteiger partial charge in [0, 0.05) is 37.1 Å². The van der Waals surface area contributed by atoms with Crippen molar-refractivity contribution in [1.82, 2.24) is 24.8 Å². The fraction of sp³-hybridized carbons (Fsp3) is 0.367. The van der Waals surface area contributed by atoms with Crippen LogP contribution in [0.3, 0.4) is 0 Å². The topological polar surface area (TPSA) is 103 Å². The van der Waals surface area contributed by atoms with Crippen LogP contribution in [0.1, 0.15) is 88.9 Å². The molecule has 2 aromatic heterocycles. The molecule has 0 amide bonds. The lowest BCUT2D eigenvalue weighted by Crippen LogP contribution is -2.12. The largest absolute Gasteiger partial charge is 0.478 e. The molecule has 2 aromatic carbocycles. The molecule has 1 N–H and O–H groups in total. The van der Waals surface area contributed by atoms with E-state index in [9.17, 15) is 14.7 Å². The number of rotatable bonds is 8. The van der Waals surface area contributed by atoms with Crippen LogP contribution in [-0.2, 0) is 7.05 Å². The Morgan fingerprint density at radius 1 is 1.00 bits per heavy atom. The molecule has 2 aliphatic rings. The highest BCUT2D eigenvalue weighted by Gasteiger charge is 2.46. The number of carboxylic acids is 1. The van der Waals surface area contributed by atoms with Crippen molar-refractivity contribution in [3.63, 3.8) is 0 Å². The predicted molar refractivity (Wildman–Crippen MR) is 143 cm³/mol. The Hall–Kier alpha value is -4.07.